The summed E-state index contributed by atoms with van der Waals surface area (Å²) < 4.78 is 26.9. The molecule has 1 unspecified atom stereocenters. The van der Waals surface area contributed by atoms with Gasteiger partial charge in [-0.25, -0.2) is 9.59 Å². The van der Waals surface area contributed by atoms with Crippen molar-refractivity contribution in [1.82, 2.24) is 0 Å². The molecule has 7 nitrogen and oxygen atoms in total. The molecule has 1 atom stereocenters. The summed E-state index contributed by atoms with van der Waals surface area (Å²) in [6, 6.07) is 1.11. The van der Waals surface area contributed by atoms with E-state index in [1.54, 1.807) is 0 Å². The van der Waals surface area contributed by atoms with Crippen LogP contribution in [0.1, 0.15) is 21.5 Å². The molecule has 0 spiro atoms. The lowest BCUT2D eigenvalue weighted by atomic mass is 9.96. The molecule has 1 aromatic rings. The zero-order chi connectivity index (χ0) is 16.4. The second-order valence-corrected chi connectivity index (χ2v) is 4.21. The summed E-state index contributed by atoms with van der Waals surface area (Å²) in [7, 11) is 0. The molecule has 0 aromatic heterocycles. The minimum atomic E-state index is -4.37. The standard InChI is InChI=1S/C12H11F2NO6/c13-12(14,11(20)21)7-2-1-5(3-6(7)9(16)17)4-8(15)10(18)19/h1-3,8H,4,15H2,(H,16,17)(H,18,19)(H,20,21). The molecule has 114 valence electrons. The third-order valence-electron chi connectivity index (χ3n) is 2.69. The number of carbonyl (C=O) groups is 3. The molecular formula is C12H11F2NO6. The summed E-state index contributed by atoms with van der Waals surface area (Å²) in [5.41, 5.74) is 3.24. The van der Waals surface area contributed by atoms with E-state index in [1.807, 2.05) is 0 Å². The van der Waals surface area contributed by atoms with Crippen LogP contribution in [0.25, 0.3) is 0 Å². The number of carboxylic acids is 3. The number of rotatable bonds is 6. The van der Waals surface area contributed by atoms with E-state index in [4.69, 9.17) is 21.1 Å². The van der Waals surface area contributed by atoms with Crippen LogP contribution in [0, 0.1) is 0 Å². The highest BCUT2D eigenvalue weighted by molar-refractivity contribution is 5.92. The normalized spacial score (nSPS) is 12.7. The number of nitrogens with two attached hydrogens (primary N) is 1. The number of carboxylic acid groups (broad SMARTS) is 3. The van der Waals surface area contributed by atoms with Crippen LogP contribution in [-0.2, 0) is 21.9 Å². The van der Waals surface area contributed by atoms with E-state index in [0.717, 1.165) is 12.1 Å². The summed E-state index contributed by atoms with van der Waals surface area (Å²) in [5, 5.41) is 26.0. The molecule has 0 fully saturated rings. The lowest BCUT2D eigenvalue weighted by Gasteiger charge is -2.15. The Bertz CT molecular complexity index is 601. The van der Waals surface area contributed by atoms with Gasteiger partial charge in [0.15, 0.2) is 0 Å². The summed E-state index contributed by atoms with van der Waals surface area (Å²) in [6.07, 6.45) is -0.283. The monoisotopic (exact) mass is 303 g/mol. The van der Waals surface area contributed by atoms with E-state index >= 15 is 0 Å². The summed E-state index contributed by atoms with van der Waals surface area (Å²) in [4.78, 5) is 32.1. The molecule has 0 saturated carbocycles. The lowest BCUT2D eigenvalue weighted by Crippen LogP contribution is -2.32. The minimum Gasteiger partial charge on any atom is -0.480 e. The molecule has 0 heterocycles. The first-order valence-corrected chi connectivity index (χ1v) is 5.53. The van der Waals surface area contributed by atoms with Crippen LogP contribution >= 0.6 is 0 Å². The molecule has 5 N–H and O–H groups in total. The van der Waals surface area contributed by atoms with Gasteiger partial charge < -0.3 is 21.1 Å². The van der Waals surface area contributed by atoms with Crippen molar-refractivity contribution < 1.29 is 38.5 Å². The van der Waals surface area contributed by atoms with E-state index in [0.29, 0.717) is 6.07 Å². The van der Waals surface area contributed by atoms with Gasteiger partial charge in [-0.1, -0.05) is 12.1 Å². The van der Waals surface area contributed by atoms with Crippen molar-refractivity contribution in [2.45, 2.75) is 18.4 Å². The average molecular weight is 303 g/mol. The van der Waals surface area contributed by atoms with Gasteiger partial charge in [0.05, 0.1) is 5.56 Å². The largest absolute Gasteiger partial charge is 0.480 e. The zero-order valence-electron chi connectivity index (χ0n) is 10.4. The van der Waals surface area contributed by atoms with E-state index in [1.165, 1.54) is 0 Å². The SMILES string of the molecule is NC(Cc1ccc(C(F)(F)C(=O)O)c(C(=O)O)c1)C(=O)O. The summed E-state index contributed by atoms with van der Waals surface area (Å²) in [5.74, 6) is -9.95. The fourth-order valence-corrected chi connectivity index (χ4v) is 1.63. The highest BCUT2D eigenvalue weighted by Crippen LogP contribution is 2.31. The smallest absolute Gasteiger partial charge is 0.379 e. The molecule has 1 aromatic carbocycles. The minimum absolute atomic E-state index is 0.0900. The number of benzene rings is 1. The van der Waals surface area contributed by atoms with E-state index < -0.39 is 41.0 Å². The molecule has 0 saturated heterocycles. The zero-order valence-corrected chi connectivity index (χ0v) is 10.4. The molecule has 0 radical (unpaired) electrons. The predicted molar refractivity (Wildman–Crippen MR) is 64.2 cm³/mol. The number of aliphatic carboxylic acids is 2. The third-order valence-corrected chi connectivity index (χ3v) is 2.69. The fourth-order valence-electron chi connectivity index (χ4n) is 1.63. The Hall–Kier alpha value is -2.55. The molecular weight excluding hydrogens is 292 g/mol. The highest BCUT2D eigenvalue weighted by atomic mass is 19.3. The van der Waals surface area contributed by atoms with Crippen molar-refractivity contribution >= 4 is 17.9 Å². The maximum atomic E-state index is 13.4. The van der Waals surface area contributed by atoms with Gasteiger partial charge in [0.1, 0.15) is 6.04 Å². The number of alkyl halides is 2. The Morgan fingerprint density at radius 2 is 1.76 bits per heavy atom. The van der Waals surface area contributed by atoms with Gasteiger partial charge in [-0.3, -0.25) is 4.79 Å². The van der Waals surface area contributed by atoms with Gasteiger partial charge in [-0.2, -0.15) is 8.78 Å². The Labute approximate surface area is 116 Å². The summed E-state index contributed by atoms with van der Waals surface area (Å²) >= 11 is 0. The quantitative estimate of drug-likeness (QED) is 0.600. The van der Waals surface area contributed by atoms with Crippen molar-refractivity contribution in [2.24, 2.45) is 5.73 Å². The fraction of sp³-hybridized carbons (Fsp3) is 0.250. The van der Waals surface area contributed by atoms with Crippen molar-refractivity contribution in [1.29, 1.82) is 0 Å². The summed E-state index contributed by atoms with van der Waals surface area (Å²) in [6.45, 7) is 0. The van der Waals surface area contributed by atoms with Crippen LogP contribution in [0.15, 0.2) is 18.2 Å². The van der Waals surface area contributed by atoms with Crippen molar-refractivity contribution in [3.63, 3.8) is 0 Å². The lowest BCUT2D eigenvalue weighted by molar-refractivity contribution is -0.166. The molecule has 21 heavy (non-hydrogen) atoms. The van der Waals surface area contributed by atoms with Gasteiger partial charge in [0.25, 0.3) is 0 Å². The third kappa shape index (κ3) is 3.51. The molecule has 1 rings (SSSR count). The van der Waals surface area contributed by atoms with Gasteiger partial charge in [0, 0.05) is 5.56 Å². The van der Waals surface area contributed by atoms with Crippen LogP contribution in [0.5, 0.6) is 0 Å². The molecule has 0 aliphatic heterocycles. The maximum Gasteiger partial charge on any atom is 0.379 e. The molecule has 0 bridgehead atoms. The Morgan fingerprint density at radius 3 is 2.19 bits per heavy atom. The Balaban J connectivity index is 3.29. The van der Waals surface area contributed by atoms with Crippen molar-refractivity contribution in [2.75, 3.05) is 0 Å². The number of hydrogen-bond acceptors (Lipinski definition) is 4. The second-order valence-electron chi connectivity index (χ2n) is 4.21. The average Bonchev–Trinajstić information content (AvgIpc) is 2.37. The predicted octanol–water partition coefficient (Wildman–Crippen LogP) is 0.516. The molecule has 0 aliphatic rings. The molecule has 9 heteroatoms. The maximum absolute atomic E-state index is 13.4. The highest BCUT2D eigenvalue weighted by Gasteiger charge is 2.44. The van der Waals surface area contributed by atoms with E-state index in [2.05, 4.69) is 0 Å². The van der Waals surface area contributed by atoms with E-state index in [-0.39, 0.29) is 12.0 Å². The molecule has 0 amide bonds. The van der Waals surface area contributed by atoms with Gasteiger partial charge in [-0.15, -0.1) is 0 Å². The first-order valence-electron chi connectivity index (χ1n) is 5.53. The van der Waals surface area contributed by atoms with Gasteiger partial charge in [0.2, 0.25) is 0 Å². The molecule has 0 aliphatic carbocycles. The second kappa shape index (κ2) is 5.83. The number of aromatic carboxylic acids is 1. The topological polar surface area (TPSA) is 138 Å². The Morgan fingerprint density at radius 1 is 1.19 bits per heavy atom. The van der Waals surface area contributed by atoms with Crippen molar-refractivity contribution in [3.8, 4) is 0 Å². The van der Waals surface area contributed by atoms with Crippen LogP contribution in [0.4, 0.5) is 8.78 Å². The van der Waals surface area contributed by atoms with Crippen molar-refractivity contribution in [3.05, 3.63) is 34.9 Å². The van der Waals surface area contributed by atoms with E-state index in [9.17, 15) is 23.2 Å². The number of halogens is 2. The van der Waals surface area contributed by atoms with Crippen LogP contribution in [0.2, 0.25) is 0 Å². The Kier molecular flexibility index (Phi) is 4.58. The first kappa shape index (κ1) is 16.5. The van der Waals surface area contributed by atoms with Crippen LogP contribution < -0.4 is 5.73 Å². The van der Waals surface area contributed by atoms with Gasteiger partial charge >= 0.3 is 23.8 Å². The van der Waals surface area contributed by atoms with Crippen LogP contribution in [0.3, 0.4) is 0 Å². The van der Waals surface area contributed by atoms with Gasteiger partial charge in [-0.05, 0) is 18.1 Å². The van der Waals surface area contributed by atoms with Crippen LogP contribution in [-0.4, -0.2) is 39.3 Å². The number of hydrogen-bond donors (Lipinski definition) is 4. The first-order chi connectivity index (χ1) is 9.57.